The molecule has 0 bridgehead atoms. The predicted molar refractivity (Wildman–Crippen MR) is 100 cm³/mol. The zero-order valence-electron chi connectivity index (χ0n) is 12.8. The summed E-state index contributed by atoms with van der Waals surface area (Å²) in [6.07, 6.45) is 0.445. The van der Waals surface area contributed by atoms with Crippen LogP contribution in [0.25, 0.3) is 0 Å². The minimum absolute atomic E-state index is 0. The fraction of sp³-hybridized carbons (Fsp3) is 0.571. The van der Waals surface area contributed by atoms with Gasteiger partial charge in [-0.05, 0) is 43.2 Å². The number of carbonyl (C=O) groups is 1. The number of nitrogens with zero attached hydrogens (tertiary/aromatic N) is 1. The molecule has 0 fully saturated rings. The molecular weight excluding hydrogens is 399 g/mol. The molecule has 0 unspecified atom stereocenters. The first-order valence-corrected chi connectivity index (χ1v) is 7.88. The summed E-state index contributed by atoms with van der Waals surface area (Å²) in [5, 5.41) is 13.3. The third-order valence-corrected chi connectivity index (χ3v) is 3.17. The van der Waals surface area contributed by atoms with Gasteiger partial charge in [0.1, 0.15) is 0 Å². The molecule has 3 N–H and O–H groups in total. The summed E-state index contributed by atoms with van der Waals surface area (Å²) in [7, 11) is 0. The van der Waals surface area contributed by atoms with Crippen LogP contribution >= 0.6 is 35.3 Å². The molecule has 0 aliphatic carbocycles. The number of guanidine groups is 1. The summed E-state index contributed by atoms with van der Waals surface area (Å²) in [5.41, 5.74) is 1.20. The molecule has 1 amide bonds. The molecule has 0 saturated carbocycles. The van der Waals surface area contributed by atoms with Crippen LogP contribution in [0.1, 0.15) is 32.8 Å². The highest BCUT2D eigenvalue weighted by atomic mass is 127. The molecule has 0 radical (unpaired) electrons. The zero-order chi connectivity index (χ0) is 14.8. The van der Waals surface area contributed by atoms with Gasteiger partial charge in [-0.3, -0.25) is 4.79 Å². The molecule has 1 aromatic heterocycles. The second-order valence-corrected chi connectivity index (χ2v) is 5.51. The van der Waals surface area contributed by atoms with E-state index < -0.39 is 0 Å². The van der Waals surface area contributed by atoms with Crippen LogP contribution in [-0.2, 0) is 11.3 Å². The van der Waals surface area contributed by atoms with Crippen molar-refractivity contribution in [2.24, 2.45) is 4.99 Å². The maximum atomic E-state index is 11.5. The van der Waals surface area contributed by atoms with Gasteiger partial charge in [0, 0.05) is 25.6 Å². The lowest BCUT2D eigenvalue weighted by molar-refractivity contribution is -0.121. The number of hydrogen-bond acceptors (Lipinski definition) is 3. The van der Waals surface area contributed by atoms with Crippen molar-refractivity contribution in [3.05, 3.63) is 22.4 Å². The lowest BCUT2D eigenvalue weighted by atomic mass is 10.3. The number of nitrogens with one attached hydrogen (secondary N) is 3. The molecular formula is C14H25IN4OS. The van der Waals surface area contributed by atoms with E-state index in [1.54, 1.807) is 11.3 Å². The average Bonchev–Trinajstić information content (AvgIpc) is 2.88. The third kappa shape index (κ3) is 9.67. The van der Waals surface area contributed by atoms with Crippen molar-refractivity contribution >= 4 is 47.2 Å². The molecule has 0 aliphatic rings. The molecule has 0 spiro atoms. The highest BCUT2D eigenvalue weighted by Crippen LogP contribution is 2.06. The van der Waals surface area contributed by atoms with Crippen LogP contribution in [0, 0.1) is 0 Å². The minimum atomic E-state index is 0. The standard InChI is InChI=1S/C14H24N4OS.HI/c1-4-15-14(17-9-12-6-8-20-10-12)16-7-5-13(19)18-11(2)3;/h6,8,10-11H,4-5,7,9H2,1-3H3,(H,18,19)(H2,15,16,17);1H. The lowest BCUT2D eigenvalue weighted by Gasteiger charge is -2.12. The molecule has 0 atom stereocenters. The maximum Gasteiger partial charge on any atom is 0.221 e. The second-order valence-electron chi connectivity index (χ2n) is 4.73. The summed E-state index contributed by atoms with van der Waals surface area (Å²) < 4.78 is 0. The van der Waals surface area contributed by atoms with Crippen molar-refractivity contribution in [1.29, 1.82) is 0 Å². The second kappa shape index (κ2) is 11.8. The molecule has 21 heavy (non-hydrogen) atoms. The van der Waals surface area contributed by atoms with E-state index in [9.17, 15) is 4.79 Å². The van der Waals surface area contributed by atoms with E-state index in [1.165, 1.54) is 5.56 Å². The van der Waals surface area contributed by atoms with Crippen molar-refractivity contribution in [2.45, 2.75) is 39.8 Å². The predicted octanol–water partition coefficient (Wildman–Crippen LogP) is 2.34. The zero-order valence-corrected chi connectivity index (χ0v) is 16.0. The van der Waals surface area contributed by atoms with E-state index in [2.05, 4.69) is 32.4 Å². The van der Waals surface area contributed by atoms with E-state index in [0.29, 0.717) is 19.5 Å². The minimum Gasteiger partial charge on any atom is -0.357 e. The summed E-state index contributed by atoms with van der Waals surface area (Å²) in [4.78, 5) is 16.0. The van der Waals surface area contributed by atoms with E-state index in [4.69, 9.17) is 0 Å². The van der Waals surface area contributed by atoms with Crippen LogP contribution in [0.5, 0.6) is 0 Å². The monoisotopic (exact) mass is 424 g/mol. The lowest BCUT2D eigenvalue weighted by Crippen LogP contribution is -2.40. The third-order valence-electron chi connectivity index (χ3n) is 2.44. The first-order chi connectivity index (χ1) is 9.61. The van der Waals surface area contributed by atoms with Crippen LogP contribution in [0.3, 0.4) is 0 Å². The average molecular weight is 424 g/mol. The Morgan fingerprint density at radius 3 is 2.71 bits per heavy atom. The maximum absolute atomic E-state index is 11.5. The van der Waals surface area contributed by atoms with Gasteiger partial charge in [0.05, 0.1) is 6.54 Å². The van der Waals surface area contributed by atoms with Gasteiger partial charge in [0.2, 0.25) is 5.91 Å². The summed E-state index contributed by atoms with van der Waals surface area (Å²) in [6.45, 7) is 7.96. The summed E-state index contributed by atoms with van der Waals surface area (Å²) in [5.74, 6) is 0.803. The van der Waals surface area contributed by atoms with Crippen LogP contribution < -0.4 is 16.0 Å². The number of carbonyl (C=O) groups excluding carboxylic acids is 1. The fourth-order valence-electron chi connectivity index (χ4n) is 1.58. The smallest absolute Gasteiger partial charge is 0.221 e. The molecule has 0 saturated heterocycles. The Morgan fingerprint density at radius 2 is 2.14 bits per heavy atom. The van der Waals surface area contributed by atoms with Gasteiger partial charge < -0.3 is 16.0 Å². The largest absolute Gasteiger partial charge is 0.357 e. The van der Waals surface area contributed by atoms with Crippen LogP contribution in [0.2, 0.25) is 0 Å². The van der Waals surface area contributed by atoms with Crippen molar-refractivity contribution in [3.8, 4) is 0 Å². The molecule has 5 nitrogen and oxygen atoms in total. The van der Waals surface area contributed by atoms with Crippen LogP contribution in [-0.4, -0.2) is 31.0 Å². The Hall–Kier alpha value is -0.830. The van der Waals surface area contributed by atoms with Crippen molar-refractivity contribution < 1.29 is 4.79 Å². The van der Waals surface area contributed by atoms with Gasteiger partial charge >= 0.3 is 0 Å². The number of rotatable bonds is 7. The van der Waals surface area contributed by atoms with E-state index in [1.807, 2.05) is 26.2 Å². The van der Waals surface area contributed by atoms with Crippen molar-refractivity contribution in [3.63, 3.8) is 0 Å². The number of hydrogen-bond donors (Lipinski definition) is 3. The van der Waals surface area contributed by atoms with Crippen molar-refractivity contribution in [2.75, 3.05) is 13.1 Å². The summed E-state index contributed by atoms with van der Waals surface area (Å²) in [6, 6.07) is 2.25. The number of halogens is 1. The van der Waals surface area contributed by atoms with Gasteiger partial charge in [0.25, 0.3) is 0 Å². The Bertz CT molecular complexity index is 421. The van der Waals surface area contributed by atoms with Crippen LogP contribution in [0.4, 0.5) is 0 Å². The van der Waals surface area contributed by atoms with Gasteiger partial charge in [-0.2, -0.15) is 11.3 Å². The Kier molecular flexibility index (Phi) is 11.3. The van der Waals surface area contributed by atoms with Gasteiger partial charge in [-0.1, -0.05) is 0 Å². The molecule has 120 valence electrons. The number of aliphatic imine (C=N–C) groups is 1. The number of amides is 1. The normalized spacial score (nSPS) is 11.0. The van der Waals surface area contributed by atoms with E-state index in [0.717, 1.165) is 12.5 Å². The van der Waals surface area contributed by atoms with Gasteiger partial charge in [0.15, 0.2) is 5.96 Å². The molecule has 7 heteroatoms. The summed E-state index contributed by atoms with van der Waals surface area (Å²) >= 11 is 1.67. The Morgan fingerprint density at radius 1 is 1.38 bits per heavy atom. The van der Waals surface area contributed by atoms with Gasteiger partial charge in [-0.15, -0.1) is 24.0 Å². The highest BCUT2D eigenvalue weighted by Gasteiger charge is 2.03. The Labute approximate surface area is 148 Å². The molecule has 1 rings (SSSR count). The molecule has 0 aliphatic heterocycles. The molecule has 1 aromatic rings. The highest BCUT2D eigenvalue weighted by molar-refractivity contribution is 14.0. The fourth-order valence-corrected chi connectivity index (χ4v) is 2.24. The Balaban J connectivity index is 0.00000400. The first kappa shape index (κ1) is 20.2. The van der Waals surface area contributed by atoms with E-state index >= 15 is 0 Å². The van der Waals surface area contributed by atoms with E-state index in [-0.39, 0.29) is 35.9 Å². The quantitative estimate of drug-likeness (QED) is 0.358. The SMILES string of the molecule is CCNC(=NCc1ccsc1)NCCC(=O)NC(C)C.I. The van der Waals surface area contributed by atoms with Gasteiger partial charge in [-0.25, -0.2) is 4.99 Å². The molecule has 0 aromatic carbocycles. The van der Waals surface area contributed by atoms with Crippen molar-refractivity contribution in [1.82, 2.24) is 16.0 Å². The van der Waals surface area contributed by atoms with Crippen LogP contribution in [0.15, 0.2) is 21.8 Å². The number of thiophene rings is 1. The molecule has 1 heterocycles. The topological polar surface area (TPSA) is 65.5 Å². The first-order valence-electron chi connectivity index (χ1n) is 6.94.